The van der Waals surface area contributed by atoms with Crippen LogP contribution in [-0.4, -0.2) is 19.6 Å². The molecule has 1 aliphatic carbocycles. The summed E-state index contributed by atoms with van der Waals surface area (Å²) in [6.45, 7) is 4.30. The van der Waals surface area contributed by atoms with Crippen LogP contribution in [0.5, 0.6) is 0 Å². The van der Waals surface area contributed by atoms with Gasteiger partial charge in [-0.15, -0.1) is 23.5 Å². The van der Waals surface area contributed by atoms with Gasteiger partial charge in [0.25, 0.3) is 0 Å². The van der Waals surface area contributed by atoms with Gasteiger partial charge < -0.3 is 4.74 Å². The van der Waals surface area contributed by atoms with Crippen LogP contribution >= 0.6 is 23.5 Å². The van der Waals surface area contributed by atoms with Crippen LogP contribution in [0.2, 0.25) is 0 Å². The average Bonchev–Trinajstić information content (AvgIpc) is 2.85. The van der Waals surface area contributed by atoms with Crippen LogP contribution in [0.4, 0.5) is 0 Å². The molecular formula is C19H22OS2. The van der Waals surface area contributed by atoms with Gasteiger partial charge in [-0.1, -0.05) is 42.5 Å². The Morgan fingerprint density at radius 1 is 0.909 bits per heavy atom. The van der Waals surface area contributed by atoms with E-state index in [4.69, 9.17) is 4.74 Å². The predicted molar refractivity (Wildman–Crippen MR) is 99.7 cm³/mol. The standard InChI is InChI=1S/C19H22OS2/c1-18(2,20-3)16-12-8-10-14-13-9-6-7-11-15(13)19(21-4,22-5)17(14)16/h6-12H,1-5H3. The summed E-state index contributed by atoms with van der Waals surface area (Å²) in [6.07, 6.45) is 4.41. The van der Waals surface area contributed by atoms with Crippen LogP contribution in [0.25, 0.3) is 11.1 Å². The molecule has 0 amide bonds. The van der Waals surface area contributed by atoms with Crippen LogP contribution in [0.3, 0.4) is 0 Å². The molecule has 0 aliphatic heterocycles. The van der Waals surface area contributed by atoms with E-state index in [0.29, 0.717) is 0 Å². The number of fused-ring (bicyclic) bond motifs is 3. The lowest BCUT2D eigenvalue weighted by atomic mass is 9.90. The first kappa shape index (κ1) is 16.0. The summed E-state index contributed by atoms with van der Waals surface area (Å²) >= 11 is 3.83. The Hall–Kier alpha value is -0.900. The van der Waals surface area contributed by atoms with Crippen LogP contribution in [-0.2, 0) is 14.4 Å². The lowest BCUT2D eigenvalue weighted by Crippen LogP contribution is -2.26. The van der Waals surface area contributed by atoms with Crippen molar-refractivity contribution in [2.24, 2.45) is 0 Å². The maximum Gasteiger partial charge on any atom is 0.112 e. The first-order valence-corrected chi connectivity index (χ1v) is 9.86. The minimum Gasteiger partial charge on any atom is -0.374 e. The van der Waals surface area contributed by atoms with Gasteiger partial charge in [-0.25, -0.2) is 0 Å². The zero-order valence-electron chi connectivity index (χ0n) is 13.8. The first-order chi connectivity index (χ1) is 10.5. The summed E-state index contributed by atoms with van der Waals surface area (Å²) in [7, 11) is 1.79. The summed E-state index contributed by atoms with van der Waals surface area (Å²) in [5.74, 6) is 0. The molecule has 0 unspecified atom stereocenters. The molecule has 0 spiro atoms. The zero-order valence-corrected chi connectivity index (χ0v) is 15.4. The molecule has 0 heterocycles. The van der Waals surface area contributed by atoms with Crippen molar-refractivity contribution in [2.45, 2.75) is 23.5 Å². The second kappa shape index (κ2) is 5.63. The number of hydrogen-bond donors (Lipinski definition) is 0. The smallest absolute Gasteiger partial charge is 0.112 e. The van der Waals surface area contributed by atoms with Crippen molar-refractivity contribution in [3.8, 4) is 11.1 Å². The Morgan fingerprint density at radius 2 is 1.55 bits per heavy atom. The molecule has 3 rings (SSSR count). The Kier molecular flexibility index (Phi) is 4.09. The molecule has 0 radical (unpaired) electrons. The number of rotatable bonds is 4. The van der Waals surface area contributed by atoms with Crippen molar-refractivity contribution in [1.29, 1.82) is 0 Å². The molecule has 0 aromatic heterocycles. The normalized spacial score (nSPS) is 15.5. The lowest BCUT2D eigenvalue weighted by molar-refractivity contribution is 0.0185. The topological polar surface area (TPSA) is 9.23 Å². The van der Waals surface area contributed by atoms with Crippen LogP contribution < -0.4 is 0 Å². The highest BCUT2D eigenvalue weighted by Gasteiger charge is 2.45. The SMILES string of the molecule is COC(C)(C)c1cccc2c1C(SC)(SC)c1ccccc1-2. The van der Waals surface area contributed by atoms with E-state index in [1.807, 2.05) is 23.5 Å². The van der Waals surface area contributed by atoms with Gasteiger partial charge in [-0.2, -0.15) is 0 Å². The van der Waals surface area contributed by atoms with E-state index in [1.165, 1.54) is 27.8 Å². The van der Waals surface area contributed by atoms with Gasteiger partial charge in [-0.3, -0.25) is 0 Å². The molecule has 0 bridgehead atoms. The Bertz CT molecular complexity index is 702. The predicted octanol–water partition coefficient (Wildman–Crippen LogP) is 5.48. The maximum atomic E-state index is 5.81. The van der Waals surface area contributed by atoms with Gasteiger partial charge in [0.1, 0.15) is 4.08 Å². The van der Waals surface area contributed by atoms with Gasteiger partial charge in [0, 0.05) is 7.11 Å². The molecule has 0 saturated heterocycles. The number of benzene rings is 2. The van der Waals surface area contributed by atoms with Gasteiger partial charge >= 0.3 is 0 Å². The second-order valence-corrected chi connectivity index (χ2v) is 8.31. The van der Waals surface area contributed by atoms with Gasteiger partial charge in [-0.05, 0) is 54.2 Å². The fourth-order valence-electron chi connectivity index (χ4n) is 3.39. The highest BCUT2D eigenvalue weighted by atomic mass is 32.2. The van der Waals surface area contributed by atoms with E-state index in [2.05, 4.69) is 68.8 Å². The molecule has 0 atom stereocenters. The molecule has 1 aliphatic rings. The monoisotopic (exact) mass is 330 g/mol. The number of thioether (sulfide) groups is 2. The molecule has 0 fully saturated rings. The molecule has 2 aromatic rings. The summed E-state index contributed by atoms with van der Waals surface area (Å²) < 4.78 is 5.75. The summed E-state index contributed by atoms with van der Waals surface area (Å²) in [5, 5.41) is 0. The zero-order chi connectivity index (χ0) is 16.0. The maximum absolute atomic E-state index is 5.81. The van der Waals surface area contributed by atoms with Crippen LogP contribution in [0.15, 0.2) is 42.5 Å². The number of hydrogen-bond acceptors (Lipinski definition) is 3. The van der Waals surface area contributed by atoms with Crippen molar-refractivity contribution in [3.63, 3.8) is 0 Å². The van der Waals surface area contributed by atoms with E-state index in [1.54, 1.807) is 7.11 Å². The van der Waals surface area contributed by atoms with Crippen molar-refractivity contribution >= 4 is 23.5 Å². The highest BCUT2D eigenvalue weighted by molar-refractivity contribution is 8.17. The fourth-order valence-corrected chi connectivity index (χ4v) is 5.70. The fraction of sp³-hybridized carbons (Fsp3) is 0.368. The van der Waals surface area contributed by atoms with Crippen molar-refractivity contribution in [2.75, 3.05) is 19.6 Å². The van der Waals surface area contributed by atoms with E-state index in [-0.39, 0.29) is 9.68 Å². The quantitative estimate of drug-likeness (QED) is 0.687. The molecule has 2 aromatic carbocycles. The summed E-state index contributed by atoms with van der Waals surface area (Å²) in [5.41, 5.74) is 6.50. The van der Waals surface area contributed by atoms with E-state index in [0.717, 1.165) is 0 Å². The Labute approximate surface area is 141 Å². The third-order valence-electron chi connectivity index (χ3n) is 4.70. The average molecular weight is 331 g/mol. The third kappa shape index (κ3) is 2.06. The minimum absolute atomic E-state index is 0.0572. The largest absolute Gasteiger partial charge is 0.374 e. The van der Waals surface area contributed by atoms with Crippen LogP contribution in [0.1, 0.15) is 30.5 Å². The third-order valence-corrected chi connectivity index (χ3v) is 7.70. The summed E-state index contributed by atoms with van der Waals surface area (Å²) in [6, 6.07) is 15.4. The van der Waals surface area contributed by atoms with Gasteiger partial charge in [0.2, 0.25) is 0 Å². The lowest BCUT2D eigenvalue weighted by Gasteiger charge is -2.34. The Balaban J connectivity index is 2.39. The Morgan fingerprint density at radius 3 is 2.18 bits per heavy atom. The van der Waals surface area contributed by atoms with Crippen molar-refractivity contribution in [3.05, 3.63) is 59.2 Å². The van der Waals surface area contributed by atoms with Crippen molar-refractivity contribution in [1.82, 2.24) is 0 Å². The number of methoxy groups -OCH3 is 1. The number of ether oxygens (including phenoxy) is 1. The van der Waals surface area contributed by atoms with E-state index >= 15 is 0 Å². The molecular weight excluding hydrogens is 308 g/mol. The minimum atomic E-state index is -0.301. The van der Waals surface area contributed by atoms with E-state index in [9.17, 15) is 0 Å². The second-order valence-electron chi connectivity index (χ2n) is 6.01. The first-order valence-electron chi connectivity index (χ1n) is 7.41. The molecule has 116 valence electrons. The molecule has 0 N–H and O–H groups in total. The molecule has 22 heavy (non-hydrogen) atoms. The van der Waals surface area contributed by atoms with Crippen molar-refractivity contribution < 1.29 is 4.74 Å². The van der Waals surface area contributed by atoms with Gasteiger partial charge in [0.05, 0.1) is 5.60 Å². The molecule has 3 heteroatoms. The molecule has 0 saturated carbocycles. The highest BCUT2D eigenvalue weighted by Crippen LogP contribution is 2.61. The summed E-state index contributed by atoms with van der Waals surface area (Å²) in [4.78, 5) is 0. The van der Waals surface area contributed by atoms with Crippen LogP contribution in [0, 0.1) is 0 Å². The van der Waals surface area contributed by atoms with E-state index < -0.39 is 0 Å². The molecule has 1 nitrogen and oxygen atoms in total. The van der Waals surface area contributed by atoms with Gasteiger partial charge in [0.15, 0.2) is 0 Å².